The highest BCUT2D eigenvalue weighted by Crippen LogP contribution is 2.37. The van der Waals surface area contributed by atoms with Gasteiger partial charge in [-0.05, 0) is 18.1 Å². The molecule has 0 saturated heterocycles. The molecule has 0 spiro atoms. The fourth-order valence-electron chi connectivity index (χ4n) is 1.61. The van der Waals surface area contributed by atoms with Crippen molar-refractivity contribution in [1.29, 1.82) is 5.41 Å². The summed E-state index contributed by atoms with van der Waals surface area (Å²) in [5.41, 5.74) is 6.78. The van der Waals surface area contributed by atoms with Gasteiger partial charge in [-0.15, -0.1) is 11.8 Å². The molecule has 2 rings (SSSR count). The predicted molar refractivity (Wildman–Crippen MR) is 56.3 cm³/mol. The lowest BCUT2D eigenvalue weighted by molar-refractivity contribution is 0.895. The van der Waals surface area contributed by atoms with Gasteiger partial charge in [-0.25, -0.2) is 0 Å². The Balaban J connectivity index is 2.09. The van der Waals surface area contributed by atoms with E-state index in [1.165, 1.54) is 10.5 Å². The first kappa shape index (κ1) is 8.63. The smallest absolute Gasteiger partial charge is 0.0916 e. The molecule has 3 N–H and O–H groups in total. The van der Waals surface area contributed by atoms with Crippen LogP contribution in [0.25, 0.3) is 0 Å². The molecule has 1 aliphatic heterocycles. The molecular formula is C10H12N2S. The van der Waals surface area contributed by atoms with Gasteiger partial charge < -0.3 is 5.73 Å². The summed E-state index contributed by atoms with van der Waals surface area (Å²) in [6.07, 6.45) is 1.76. The number of nitrogens with one attached hydrogen (secondary N) is 1. The van der Waals surface area contributed by atoms with Crippen molar-refractivity contribution in [2.24, 2.45) is 5.73 Å². The van der Waals surface area contributed by atoms with Crippen LogP contribution >= 0.6 is 11.8 Å². The maximum absolute atomic E-state index is 7.23. The van der Waals surface area contributed by atoms with Gasteiger partial charge >= 0.3 is 0 Å². The van der Waals surface area contributed by atoms with Crippen LogP contribution in [-0.4, -0.2) is 11.1 Å². The van der Waals surface area contributed by atoms with Crippen molar-refractivity contribution in [3.05, 3.63) is 29.8 Å². The minimum atomic E-state index is 0.297. The second-order valence-corrected chi connectivity index (χ2v) is 4.62. The molecule has 1 unspecified atom stereocenters. The number of hydrogen-bond donors (Lipinski definition) is 2. The van der Waals surface area contributed by atoms with Gasteiger partial charge in [0, 0.05) is 16.6 Å². The summed E-state index contributed by atoms with van der Waals surface area (Å²) < 4.78 is 0. The minimum Gasteiger partial charge on any atom is -0.388 e. The van der Waals surface area contributed by atoms with Crippen molar-refractivity contribution in [3.63, 3.8) is 0 Å². The molecule has 1 aliphatic rings. The Morgan fingerprint density at radius 3 is 3.00 bits per heavy atom. The number of nitrogens with two attached hydrogens (primary N) is 1. The summed E-state index contributed by atoms with van der Waals surface area (Å²) in [6, 6.07) is 8.42. The van der Waals surface area contributed by atoms with Crippen LogP contribution < -0.4 is 5.73 Å². The SMILES string of the molecule is N=C(N)CC1Cc2ccccc2S1. The predicted octanol–water partition coefficient (Wildman–Crippen LogP) is 2.03. The fourth-order valence-corrected chi connectivity index (χ4v) is 2.96. The van der Waals surface area contributed by atoms with Crippen molar-refractivity contribution >= 4 is 17.6 Å². The molecular weight excluding hydrogens is 180 g/mol. The van der Waals surface area contributed by atoms with Gasteiger partial charge in [-0.1, -0.05) is 18.2 Å². The number of rotatable bonds is 2. The Bertz CT molecular complexity index is 310. The van der Waals surface area contributed by atoms with Crippen LogP contribution in [0.15, 0.2) is 29.2 Å². The van der Waals surface area contributed by atoms with Crippen LogP contribution in [0.5, 0.6) is 0 Å². The summed E-state index contributed by atoms with van der Waals surface area (Å²) in [5.74, 6) is 0.297. The molecule has 3 heteroatoms. The summed E-state index contributed by atoms with van der Waals surface area (Å²) >= 11 is 1.84. The van der Waals surface area contributed by atoms with Crippen molar-refractivity contribution in [2.75, 3.05) is 0 Å². The first-order valence-electron chi connectivity index (χ1n) is 4.33. The van der Waals surface area contributed by atoms with Crippen molar-refractivity contribution in [1.82, 2.24) is 0 Å². The minimum absolute atomic E-state index is 0.297. The maximum Gasteiger partial charge on any atom is 0.0916 e. The topological polar surface area (TPSA) is 49.9 Å². The highest BCUT2D eigenvalue weighted by atomic mass is 32.2. The molecule has 0 amide bonds. The standard InChI is InChI=1S/C10H12N2S/c11-10(12)6-8-5-7-3-1-2-4-9(7)13-8/h1-4,8H,5-6H2,(H3,11,12). The van der Waals surface area contributed by atoms with E-state index in [0.29, 0.717) is 17.5 Å². The first-order valence-corrected chi connectivity index (χ1v) is 5.21. The van der Waals surface area contributed by atoms with Crippen molar-refractivity contribution < 1.29 is 0 Å². The molecule has 1 atom stereocenters. The zero-order chi connectivity index (χ0) is 9.26. The molecule has 68 valence electrons. The van der Waals surface area contributed by atoms with Gasteiger partial charge in [0.2, 0.25) is 0 Å². The second-order valence-electron chi connectivity index (χ2n) is 3.28. The van der Waals surface area contributed by atoms with Crippen LogP contribution in [0.2, 0.25) is 0 Å². The molecule has 1 heterocycles. The van der Waals surface area contributed by atoms with E-state index >= 15 is 0 Å². The van der Waals surface area contributed by atoms with E-state index in [1.807, 2.05) is 11.8 Å². The molecule has 0 saturated carbocycles. The summed E-state index contributed by atoms with van der Waals surface area (Å²) in [4.78, 5) is 1.36. The van der Waals surface area contributed by atoms with Gasteiger partial charge in [0.25, 0.3) is 0 Å². The van der Waals surface area contributed by atoms with Gasteiger partial charge in [0.1, 0.15) is 0 Å². The Labute approximate surface area is 82.0 Å². The average Bonchev–Trinajstić information content (AvgIpc) is 2.44. The van der Waals surface area contributed by atoms with Crippen LogP contribution in [0.1, 0.15) is 12.0 Å². The van der Waals surface area contributed by atoms with Crippen molar-refractivity contribution in [3.8, 4) is 0 Å². The monoisotopic (exact) mass is 192 g/mol. The molecule has 0 fully saturated rings. The Morgan fingerprint density at radius 1 is 1.54 bits per heavy atom. The molecule has 0 bridgehead atoms. The summed E-state index contributed by atoms with van der Waals surface area (Å²) in [7, 11) is 0. The zero-order valence-corrected chi connectivity index (χ0v) is 8.10. The number of thioether (sulfide) groups is 1. The lowest BCUT2D eigenvalue weighted by Gasteiger charge is -2.04. The normalized spacial score (nSPS) is 19.8. The molecule has 0 aliphatic carbocycles. The number of amidine groups is 1. The molecule has 0 aromatic heterocycles. The van der Waals surface area contributed by atoms with Gasteiger partial charge in [0.15, 0.2) is 0 Å². The maximum atomic E-state index is 7.23. The molecule has 1 aromatic carbocycles. The Hall–Kier alpha value is -0.960. The third-order valence-corrected chi connectivity index (χ3v) is 3.48. The summed E-state index contributed by atoms with van der Waals surface area (Å²) in [6.45, 7) is 0. The van der Waals surface area contributed by atoms with Crippen LogP contribution in [0, 0.1) is 5.41 Å². The molecule has 2 nitrogen and oxygen atoms in total. The highest BCUT2D eigenvalue weighted by Gasteiger charge is 2.21. The van der Waals surface area contributed by atoms with E-state index in [4.69, 9.17) is 11.1 Å². The van der Waals surface area contributed by atoms with E-state index in [2.05, 4.69) is 24.3 Å². The van der Waals surface area contributed by atoms with Gasteiger partial charge in [-0.3, -0.25) is 5.41 Å². The molecule has 1 aromatic rings. The van der Waals surface area contributed by atoms with Crippen LogP contribution in [0.3, 0.4) is 0 Å². The quantitative estimate of drug-likeness (QED) is 0.556. The van der Waals surface area contributed by atoms with E-state index in [1.54, 1.807) is 0 Å². The Kier molecular flexibility index (Phi) is 2.27. The third-order valence-electron chi connectivity index (χ3n) is 2.16. The lowest BCUT2D eigenvalue weighted by atomic mass is 10.1. The van der Waals surface area contributed by atoms with E-state index in [0.717, 1.165) is 6.42 Å². The lowest BCUT2D eigenvalue weighted by Crippen LogP contribution is -2.16. The average molecular weight is 192 g/mol. The number of hydrogen-bond acceptors (Lipinski definition) is 2. The third kappa shape index (κ3) is 1.86. The zero-order valence-electron chi connectivity index (χ0n) is 7.29. The van der Waals surface area contributed by atoms with Crippen LogP contribution in [0.4, 0.5) is 0 Å². The largest absolute Gasteiger partial charge is 0.388 e. The first-order chi connectivity index (χ1) is 6.25. The number of fused-ring (bicyclic) bond motifs is 1. The number of benzene rings is 1. The van der Waals surface area contributed by atoms with Crippen LogP contribution in [-0.2, 0) is 6.42 Å². The van der Waals surface area contributed by atoms with Gasteiger partial charge in [0.05, 0.1) is 5.84 Å². The van der Waals surface area contributed by atoms with E-state index in [-0.39, 0.29) is 0 Å². The highest BCUT2D eigenvalue weighted by molar-refractivity contribution is 8.00. The molecule has 13 heavy (non-hydrogen) atoms. The summed E-state index contributed by atoms with van der Waals surface area (Å²) in [5, 5.41) is 7.71. The van der Waals surface area contributed by atoms with Gasteiger partial charge in [-0.2, -0.15) is 0 Å². The Morgan fingerprint density at radius 2 is 2.31 bits per heavy atom. The van der Waals surface area contributed by atoms with E-state index in [9.17, 15) is 0 Å². The fraction of sp³-hybridized carbons (Fsp3) is 0.300. The molecule has 0 radical (unpaired) electrons. The van der Waals surface area contributed by atoms with E-state index < -0.39 is 0 Å². The second kappa shape index (κ2) is 3.42. The van der Waals surface area contributed by atoms with Crippen molar-refractivity contribution in [2.45, 2.75) is 23.0 Å².